The molecule has 0 spiro atoms. The molecule has 1 aromatic heterocycles. The van der Waals surface area contributed by atoms with Gasteiger partial charge in [0.1, 0.15) is 11.3 Å². The van der Waals surface area contributed by atoms with Gasteiger partial charge in [-0.1, -0.05) is 36.4 Å². The van der Waals surface area contributed by atoms with Crippen molar-refractivity contribution in [1.82, 2.24) is 5.32 Å². The molecule has 5 nitrogen and oxygen atoms in total. The van der Waals surface area contributed by atoms with E-state index < -0.39 is 12.5 Å². The fourth-order valence-electron chi connectivity index (χ4n) is 2.69. The van der Waals surface area contributed by atoms with Crippen LogP contribution in [0.15, 0.2) is 52.9 Å². The van der Waals surface area contributed by atoms with E-state index in [-0.39, 0.29) is 24.7 Å². The van der Waals surface area contributed by atoms with Crippen molar-refractivity contribution in [3.63, 3.8) is 0 Å². The summed E-state index contributed by atoms with van der Waals surface area (Å²) in [6.07, 6.45) is 0. The van der Waals surface area contributed by atoms with Gasteiger partial charge < -0.3 is 19.2 Å². The van der Waals surface area contributed by atoms with Gasteiger partial charge in [-0.15, -0.1) is 0 Å². The van der Waals surface area contributed by atoms with E-state index in [0.29, 0.717) is 16.7 Å². The van der Waals surface area contributed by atoms with Gasteiger partial charge in [-0.3, -0.25) is 4.79 Å². The van der Waals surface area contributed by atoms with E-state index >= 15 is 0 Å². The molecule has 0 saturated carbocycles. The molecule has 0 bridgehead atoms. The Morgan fingerprint density at radius 1 is 1.15 bits per heavy atom. The van der Waals surface area contributed by atoms with E-state index in [1.807, 2.05) is 18.2 Å². The zero-order chi connectivity index (χ0) is 18.5. The Morgan fingerprint density at radius 2 is 1.88 bits per heavy atom. The molecule has 136 valence electrons. The predicted molar refractivity (Wildman–Crippen MR) is 91.2 cm³/mol. The highest BCUT2D eigenvalue weighted by Gasteiger charge is 2.20. The number of alkyl halides is 2. The summed E-state index contributed by atoms with van der Waals surface area (Å²) in [7, 11) is 1.53. The summed E-state index contributed by atoms with van der Waals surface area (Å²) in [6.45, 7) is -2.70. The van der Waals surface area contributed by atoms with Crippen LogP contribution in [0.25, 0.3) is 11.0 Å². The number of benzene rings is 2. The van der Waals surface area contributed by atoms with Crippen molar-refractivity contribution in [3.05, 3.63) is 65.4 Å². The minimum atomic E-state index is -2.93. The summed E-state index contributed by atoms with van der Waals surface area (Å²) in [5.41, 5.74) is 1.65. The van der Waals surface area contributed by atoms with E-state index in [0.717, 1.165) is 5.39 Å². The van der Waals surface area contributed by atoms with Crippen LogP contribution < -0.4 is 10.1 Å². The molecule has 2 aromatic carbocycles. The average Bonchev–Trinajstić information content (AvgIpc) is 2.99. The maximum absolute atomic E-state index is 12.6. The number of carbonyl (C=O) groups excluding carboxylic acids is 1. The van der Waals surface area contributed by atoms with Crippen LogP contribution in [0.2, 0.25) is 0 Å². The number of para-hydroxylation sites is 2. The zero-order valence-corrected chi connectivity index (χ0v) is 14.0. The monoisotopic (exact) mass is 361 g/mol. The van der Waals surface area contributed by atoms with Crippen molar-refractivity contribution < 1.29 is 27.5 Å². The van der Waals surface area contributed by atoms with Gasteiger partial charge in [0.25, 0.3) is 5.91 Å². The van der Waals surface area contributed by atoms with Crippen molar-refractivity contribution in [2.75, 3.05) is 7.11 Å². The van der Waals surface area contributed by atoms with Crippen molar-refractivity contribution in [2.45, 2.75) is 19.8 Å². The van der Waals surface area contributed by atoms with Crippen LogP contribution >= 0.6 is 0 Å². The van der Waals surface area contributed by atoms with Gasteiger partial charge in [0.15, 0.2) is 5.76 Å². The van der Waals surface area contributed by atoms with Gasteiger partial charge in [0.05, 0.1) is 6.61 Å². The van der Waals surface area contributed by atoms with Crippen LogP contribution in [0.1, 0.15) is 21.7 Å². The zero-order valence-electron chi connectivity index (χ0n) is 14.0. The molecule has 0 unspecified atom stereocenters. The van der Waals surface area contributed by atoms with Crippen LogP contribution in [-0.2, 0) is 17.9 Å². The number of hydrogen-bond acceptors (Lipinski definition) is 4. The molecular weight excluding hydrogens is 344 g/mol. The molecule has 0 atom stereocenters. The molecule has 3 rings (SSSR count). The summed E-state index contributed by atoms with van der Waals surface area (Å²) in [6, 6.07) is 13.5. The molecule has 1 heterocycles. The minimum Gasteiger partial charge on any atom is -0.451 e. The molecular formula is C19H17F2NO4. The first kappa shape index (κ1) is 17.9. The highest BCUT2D eigenvalue weighted by molar-refractivity contribution is 5.99. The average molecular weight is 361 g/mol. The third-order valence-corrected chi connectivity index (χ3v) is 3.82. The lowest BCUT2D eigenvalue weighted by molar-refractivity contribution is -0.0504. The Bertz CT molecular complexity index is 907. The van der Waals surface area contributed by atoms with Crippen LogP contribution in [0, 0.1) is 0 Å². The number of methoxy groups -OCH3 is 1. The van der Waals surface area contributed by atoms with Gasteiger partial charge in [-0.05, 0) is 12.1 Å². The van der Waals surface area contributed by atoms with Crippen LogP contribution in [0.3, 0.4) is 0 Å². The Labute approximate surface area is 148 Å². The first-order valence-corrected chi connectivity index (χ1v) is 7.90. The summed E-state index contributed by atoms with van der Waals surface area (Å²) < 4.78 is 40.2. The standard InChI is InChI=1S/C19H17F2NO4/c1-24-11-14-13-7-3-5-9-16(13)25-17(14)18(23)22-10-12-6-2-4-8-15(12)26-19(20)21/h2-9,19H,10-11H2,1H3,(H,22,23). The van der Waals surface area contributed by atoms with Gasteiger partial charge in [-0.25, -0.2) is 0 Å². The SMILES string of the molecule is COCc1c(C(=O)NCc2ccccc2OC(F)F)oc2ccccc12. The minimum absolute atomic E-state index is 0.0181. The number of hydrogen-bond donors (Lipinski definition) is 1. The molecule has 0 aliphatic carbocycles. The number of furan rings is 1. The number of carbonyl (C=O) groups is 1. The number of amides is 1. The first-order chi connectivity index (χ1) is 12.6. The summed E-state index contributed by atoms with van der Waals surface area (Å²) >= 11 is 0. The van der Waals surface area contributed by atoms with Crippen molar-refractivity contribution in [2.24, 2.45) is 0 Å². The summed E-state index contributed by atoms with van der Waals surface area (Å²) in [4.78, 5) is 12.6. The molecule has 7 heteroatoms. The smallest absolute Gasteiger partial charge is 0.387 e. The third-order valence-electron chi connectivity index (χ3n) is 3.82. The molecule has 3 aromatic rings. The van der Waals surface area contributed by atoms with E-state index in [4.69, 9.17) is 9.15 Å². The van der Waals surface area contributed by atoms with E-state index in [2.05, 4.69) is 10.1 Å². The maximum Gasteiger partial charge on any atom is 0.387 e. The van der Waals surface area contributed by atoms with E-state index in [1.54, 1.807) is 24.3 Å². The topological polar surface area (TPSA) is 60.7 Å². The number of ether oxygens (including phenoxy) is 2. The molecule has 0 radical (unpaired) electrons. The Morgan fingerprint density at radius 3 is 2.65 bits per heavy atom. The molecule has 0 aliphatic heterocycles. The Balaban J connectivity index is 1.81. The summed E-state index contributed by atoms with van der Waals surface area (Å²) in [5.74, 6) is -0.301. The van der Waals surface area contributed by atoms with Crippen LogP contribution in [0.4, 0.5) is 8.78 Å². The maximum atomic E-state index is 12.6. The first-order valence-electron chi connectivity index (χ1n) is 7.90. The highest BCUT2D eigenvalue weighted by Crippen LogP contribution is 2.27. The van der Waals surface area contributed by atoms with Gasteiger partial charge in [0, 0.05) is 30.2 Å². The Hall–Kier alpha value is -2.93. The van der Waals surface area contributed by atoms with Gasteiger partial charge >= 0.3 is 6.61 Å². The molecule has 0 fully saturated rings. The second-order valence-corrected chi connectivity index (χ2v) is 5.51. The van der Waals surface area contributed by atoms with Crippen LogP contribution in [0.5, 0.6) is 5.75 Å². The number of halogens is 2. The Kier molecular flexibility index (Phi) is 5.48. The van der Waals surface area contributed by atoms with Crippen molar-refractivity contribution in [1.29, 1.82) is 0 Å². The largest absolute Gasteiger partial charge is 0.451 e. The number of nitrogens with one attached hydrogen (secondary N) is 1. The number of rotatable bonds is 7. The number of fused-ring (bicyclic) bond motifs is 1. The van der Waals surface area contributed by atoms with Gasteiger partial charge in [-0.2, -0.15) is 8.78 Å². The molecule has 0 aliphatic rings. The molecule has 0 saturated heterocycles. The highest BCUT2D eigenvalue weighted by atomic mass is 19.3. The lowest BCUT2D eigenvalue weighted by atomic mass is 10.1. The van der Waals surface area contributed by atoms with Gasteiger partial charge in [0.2, 0.25) is 0 Å². The predicted octanol–water partition coefficient (Wildman–Crippen LogP) is 4.11. The molecule has 1 amide bonds. The molecule has 1 N–H and O–H groups in total. The van der Waals surface area contributed by atoms with E-state index in [9.17, 15) is 13.6 Å². The third kappa shape index (κ3) is 3.83. The summed E-state index contributed by atoms with van der Waals surface area (Å²) in [5, 5.41) is 3.47. The second kappa shape index (κ2) is 7.97. The van der Waals surface area contributed by atoms with E-state index in [1.165, 1.54) is 13.2 Å². The van der Waals surface area contributed by atoms with Crippen LogP contribution in [-0.4, -0.2) is 19.6 Å². The van der Waals surface area contributed by atoms with Crippen molar-refractivity contribution >= 4 is 16.9 Å². The fraction of sp³-hybridized carbons (Fsp3) is 0.211. The quantitative estimate of drug-likeness (QED) is 0.688. The second-order valence-electron chi connectivity index (χ2n) is 5.51. The lowest BCUT2D eigenvalue weighted by Gasteiger charge is -2.11. The fourth-order valence-corrected chi connectivity index (χ4v) is 2.69. The lowest BCUT2D eigenvalue weighted by Crippen LogP contribution is -2.24. The normalized spacial score (nSPS) is 11.1. The molecule has 26 heavy (non-hydrogen) atoms. The van der Waals surface area contributed by atoms with Crippen molar-refractivity contribution in [3.8, 4) is 5.75 Å².